The molecule has 1 aromatic carbocycles. The number of fused-ring (bicyclic) bond motifs is 3. The first kappa shape index (κ1) is 28.7. The lowest BCUT2D eigenvalue weighted by Gasteiger charge is -2.22. The first-order valence-corrected chi connectivity index (χ1v) is 16.6. The second-order valence-corrected chi connectivity index (χ2v) is 14.3. The molecule has 4 aromatic rings. The third kappa shape index (κ3) is 5.66. The Balaban J connectivity index is 1.74. The van der Waals surface area contributed by atoms with Gasteiger partial charge in [0.25, 0.3) is 0 Å². The number of benzene rings is 1. The SMILES string of the molecule is CC(C)c1cc(C(C)C)c(S(=O)(=O)Oc2nc(-c3ccncc3)nc3sc4c(c23)CCCCCC4)c(C(C)C)c1. The number of hydrogen-bond donors (Lipinski definition) is 0. The maximum Gasteiger partial charge on any atom is 0.341 e. The van der Waals surface area contributed by atoms with Gasteiger partial charge in [-0.15, -0.1) is 11.3 Å². The molecule has 0 unspecified atom stereocenters. The molecule has 0 aliphatic heterocycles. The van der Waals surface area contributed by atoms with Crippen molar-refractivity contribution < 1.29 is 12.6 Å². The Labute approximate surface area is 242 Å². The molecule has 3 aromatic heterocycles. The van der Waals surface area contributed by atoms with Crippen molar-refractivity contribution in [3.63, 3.8) is 0 Å². The molecule has 3 heterocycles. The highest BCUT2D eigenvalue weighted by Crippen LogP contribution is 2.42. The molecule has 5 rings (SSSR count). The highest BCUT2D eigenvalue weighted by Gasteiger charge is 2.31. The number of hydrogen-bond acceptors (Lipinski definition) is 7. The summed E-state index contributed by atoms with van der Waals surface area (Å²) < 4.78 is 34.9. The molecule has 0 radical (unpaired) electrons. The predicted octanol–water partition coefficient (Wildman–Crippen LogP) is 8.55. The molecule has 0 atom stereocenters. The van der Waals surface area contributed by atoms with Crippen molar-refractivity contribution in [3.05, 3.63) is 63.8 Å². The van der Waals surface area contributed by atoms with Crippen molar-refractivity contribution in [2.24, 2.45) is 0 Å². The zero-order valence-corrected chi connectivity index (χ0v) is 26.0. The van der Waals surface area contributed by atoms with E-state index in [1.165, 1.54) is 17.7 Å². The van der Waals surface area contributed by atoms with Gasteiger partial charge in [0.2, 0.25) is 5.88 Å². The van der Waals surface area contributed by atoms with Gasteiger partial charge >= 0.3 is 10.1 Å². The van der Waals surface area contributed by atoms with Crippen LogP contribution >= 0.6 is 11.3 Å². The molecule has 0 spiro atoms. The van der Waals surface area contributed by atoms with Crippen molar-refractivity contribution in [2.75, 3.05) is 0 Å². The summed E-state index contributed by atoms with van der Waals surface area (Å²) in [7, 11) is -4.22. The zero-order chi connectivity index (χ0) is 28.6. The van der Waals surface area contributed by atoms with E-state index in [-0.39, 0.29) is 28.5 Å². The average Bonchev–Trinajstić information content (AvgIpc) is 3.24. The Kier molecular flexibility index (Phi) is 8.30. The molecule has 40 heavy (non-hydrogen) atoms. The minimum Gasteiger partial charge on any atom is -0.357 e. The van der Waals surface area contributed by atoms with Gasteiger partial charge in [0, 0.05) is 22.8 Å². The topological polar surface area (TPSA) is 82.0 Å². The van der Waals surface area contributed by atoms with Crippen LogP contribution in [0.5, 0.6) is 5.88 Å². The van der Waals surface area contributed by atoms with Gasteiger partial charge in [-0.1, -0.05) is 66.5 Å². The average molecular weight is 578 g/mol. The third-order valence-corrected chi connectivity index (χ3v) is 10.3. The van der Waals surface area contributed by atoms with Crippen LogP contribution in [0.15, 0.2) is 41.6 Å². The van der Waals surface area contributed by atoms with Crippen LogP contribution < -0.4 is 4.18 Å². The highest BCUT2D eigenvalue weighted by molar-refractivity contribution is 7.87. The molecule has 0 bridgehead atoms. The van der Waals surface area contributed by atoms with Crippen LogP contribution in [0.2, 0.25) is 0 Å². The second kappa shape index (κ2) is 11.6. The molecule has 0 fully saturated rings. The van der Waals surface area contributed by atoms with E-state index in [4.69, 9.17) is 14.2 Å². The van der Waals surface area contributed by atoms with E-state index in [1.54, 1.807) is 23.7 Å². The lowest BCUT2D eigenvalue weighted by atomic mass is 9.89. The minimum atomic E-state index is -4.22. The molecule has 8 heteroatoms. The molecule has 212 valence electrons. The summed E-state index contributed by atoms with van der Waals surface area (Å²) in [6.45, 7) is 12.4. The van der Waals surface area contributed by atoms with Gasteiger partial charge in [-0.25, -0.2) is 4.98 Å². The van der Waals surface area contributed by atoms with Crippen molar-refractivity contribution in [2.45, 2.75) is 103 Å². The maximum absolute atomic E-state index is 14.3. The summed E-state index contributed by atoms with van der Waals surface area (Å²) >= 11 is 1.65. The van der Waals surface area contributed by atoms with E-state index < -0.39 is 10.1 Å². The first-order chi connectivity index (χ1) is 19.1. The standard InChI is InChI=1S/C32H39N3O3S2/c1-19(2)23-17-25(20(3)4)29(26(18-23)21(5)6)40(36,37)38-31-28-24-11-9-7-8-10-12-27(24)39-32(28)35-30(34-31)22-13-15-33-16-14-22/h13-21H,7-12H2,1-6H3. The maximum atomic E-state index is 14.3. The summed E-state index contributed by atoms with van der Waals surface area (Å²) in [5.41, 5.74) is 4.63. The number of aryl methyl sites for hydroxylation is 2. The number of pyridine rings is 1. The lowest BCUT2D eigenvalue weighted by Crippen LogP contribution is -2.18. The smallest absolute Gasteiger partial charge is 0.341 e. The Bertz CT molecular complexity index is 1600. The van der Waals surface area contributed by atoms with Crippen molar-refractivity contribution in [1.82, 2.24) is 15.0 Å². The van der Waals surface area contributed by atoms with Gasteiger partial charge < -0.3 is 4.18 Å². The van der Waals surface area contributed by atoms with Gasteiger partial charge in [0.05, 0.1) is 5.39 Å². The highest BCUT2D eigenvalue weighted by atomic mass is 32.2. The van der Waals surface area contributed by atoms with Crippen molar-refractivity contribution in [1.29, 1.82) is 0 Å². The van der Waals surface area contributed by atoms with E-state index in [1.807, 2.05) is 52.0 Å². The second-order valence-electron chi connectivity index (χ2n) is 11.7. The minimum absolute atomic E-state index is 0.00328. The summed E-state index contributed by atoms with van der Waals surface area (Å²) in [6, 6.07) is 7.74. The number of nitrogens with zero attached hydrogens (tertiary/aromatic N) is 3. The third-order valence-electron chi connectivity index (χ3n) is 7.74. The fourth-order valence-electron chi connectivity index (χ4n) is 5.49. The van der Waals surface area contributed by atoms with Crippen LogP contribution in [0, 0.1) is 0 Å². The molecule has 0 saturated heterocycles. The van der Waals surface area contributed by atoms with E-state index >= 15 is 0 Å². The molecular formula is C32H39N3O3S2. The number of thiophene rings is 1. The quantitative estimate of drug-likeness (QED) is 0.205. The molecular weight excluding hydrogens is 539 g/mol. The van der Waals surface area contributed by atoms with Gasteiger partial charge in [-0.3, -0.25) is 4.98 Å². The van der Waals surface area contributed by atoms with E-state index in [0.29, 0.717) is 5.82 Å². The van der Waals surface area contributed by atoms with Crippen molar-refractivity contribution in [3.8, 4) is 17.3 Å². The Morgan fingerprint density at radius 3 is 2.05 bits per heavy atom. The predicted molar refractivity (Wildman–Crippen MR) is 163 cm³/mol. The zero-order valence-electron chi connectivity index (χ0n) is 24.3. The van der Waals surface area contributed by atoms with E-state index in [9.17, 15) is 8.42 Å². The van der Waals surface area contributed by atoms with Gasteiger partial charge in [0.15, 0.2) is 5.82 Å². The van der Waals surface area contributed by atoms with Crippen molar-refractivity contribution >= 4 is 31.7 Å². The molecule has 0 amide bonds. The van der Waals surface area contributed by atoms with Crippen LogP contribution in [-0.4, -0.2) is 23.4 Å². The van der Waals surface area contributed by atoms with Crippen LogP contribution in [0.4, 0.5) is 0 Å². The summed E-state index contributed by atoms with van der Waals surface area (Å²) in [5, 5.41) is 0.749. The summed E-state index contributed by atoms with van der Waals surface area (Å²) in [6.07, 6.45) is 9.78. The summed E-state index contributed by atoms with van der Waals surface area (Å²) in [4.78, 5) is 16.1. The normalized spacial score (nSPS) is 14.5. The monoisotopic (exact) mass is 577 g/mol. The van der Waals surface area contributed by atoms with Crippen LogP contribution in [-0.2, 0) is 23.0 Å². The molecule has 0 saturated carbocycles. The summed E-state index contributed by atoms with van der Waals surface area (Å²) in [5.74, 6) is 0.861. The van der Waals surface area contributed by atoms with E-state index in [2.05, 4.69) is 18.8 Å². The number of rotatable bonds is 7. The first-order valence-electron chi connectivity index (χ1n) is 14.4. The number of aromatic nitrogens is 3. The fourth-order valence-corrected chi connectivity index (χ4v) is 8.32. The van der Waals surface area contributed by atoms with Gasteiger partial charge in [-0.2, -0.15) is 13.4 Å². The largest absolute Gasteiger partial charge is 0.357 e. The van der Waals surface area contributed by atoms with E-state index in [0.717, 1.165) is 63.7 Å². The molecule has 6 nitrogen and oxygen atoms in total. The molecule has 0 N–H and O–H groups in total. The Morgan fingerprint density at radius 1 is 0.825 bits per heavy atom. The van der Waals surface area contributed by atoms with Crippen LogP contribution in [0.1, 0.15) is 112 Å². The molecule has 1 aliphatic carbocycles. The van der Waals surface area contributed by atoms with Gasteiger partial charge in [-0.05, 0) is 77.8 Å². The Hall–Kier alpha value is -2.84. The fraction of sp³-hybridized carbons (Fsp3) is 0.469. The van der Waals surface area contributed by atoms with Crippen LogP contribution in [0.3, 0.4) is 0 Å². The van der Waals surface area contributed by atoms with Gasteiger partial charge in [0.1, 0.15) is 9.73 Å². The van der Waals surface area contributed by atoms with Crippen LogP contribution in [0.25, 0.3) is 21.6 Å². The lowest BCUT2D eigenvalue weighted by molar-refractivity contribution is 0.475. The molecule has 1 aliphatic rings. The Morgan fingerprint density at radius 2 is 1.45 bits per heavy atom.